The quantitative estimate of drug-likeness (QED) is 0.671. The van der Waals surface area contributed by atoms with E-state index < -0.39 is 5.97 Å². The van der Waals surface area contributed by atoms with Crippen molar-refractivity contribution in [1.29, 1.82) is 0 Å². The van der Waals surface area contributed by atoms with Gasteiger partial charge in [0.25, 0.3) is 0 Å². The third-order valence-corrected chi connectivity index (χ3v) is 5.59. The van der Waals surface area contributed by atoms with Crippen LogP contribution in [0.25, 0.3) is 6.08 Å². The minimum atomic E-state index is -0.692. The molecule has 6 heteroatoms. The van der Waals surface area contributed by atoms with Gasteiger partial charge in [0.1, 0.15) is 0 Å². The first-order chi connectivity index (χ1) is 12.1. The minimum absolute atomic E-state index is 0. The minimum Gasteiger partial charge on any atom is -0.481 e. The van der Waals surface area contributed by atoms with E-state index in [1.54, 1.807) is 0 Å². The second-order valence-electron chi connectivity index (χ2n) is 7.58. The zero-order valence-corrected chi connectivity index (χ0v) is 17.6. The van der Waals surface area contributed by atoms with E-state index >= 15 is 0 Å². The van der Waals surface area contributed by atoms with Crippen LogP contribution in [0.3, 0.4) is 0 Å². The fourth-order valence-electron chi connectivity index (χ4n) is 3.83. The van der Waals surface area contributed by atoms with Gasteiger partial charge in [0.2, 0.25) is 0 Å². The number of aliphatic carboxylic acids is 1. The van der Waals surface area contributed by atoms with E-state index in [0.29, 0.717) is 18.5 Å². The maximum atomic E-state index is 10.7. The third kappa shape index (κ3) is 7.82. The number of halogens is 2. The molecule has 1 saturated carbocycles. The van der Waals surface area contributed by atoms with E-state index in [-0.39, 0.29) is 31.2 Å². The summed E-state index contributed by atoms with van der Waals surface area (Å²) < 4.78 is 0. The zero-order valence-electron chi connectivity index (χ0n) is 16.0. The summed E-state index contributed by atoms with van der Waals surface area (Å²) in [5.41, 5.74) is 2.77. The number of hydrogen-bond donors (Lipinski definition) is 2. The van der Waals surface area contributed by atoms with Crippen molar-refractivity contribution in [2.45, 2.75) is 38.6 Å². The van der Waals surface area contributed by atoms with Crippen LogP contribution >= 0.6 is 24.8 Å². The maximum absolute atomic E-state index is 10.7. The molecule has 0 aromatic heterocycles. The van der Waals surface area contributed by atoms with Crippen molar-refractivity contribution in [3.05, 3.63) is 41.5 Å². The molecule has 1 aromatic rings. The summed E-state index contributed by atoms with van der Waals surface area (Å²) in [6, 6.07) is 11.2. The lowest BCUT2D eigenvalue weighted by Gasteiger charge is -2.31. The number of benzene rings is 1. The molecule has 1 aliphatic carbocycles. The van der Waals surface area contributed by atoms with Crippen LogP contribution in [0.15, 0.2) is 35.9 Å². The molecule has 1 aromatic carbocycles. The van der Waals surface area contributed by atoms with E-state index in [0.717, 1.165) is 25.6 Å². The van der Waals surface area contributed by atoms with Crippen molar-refractivity contribution >= 4 is 36.9 Å². The van der Waals surface area contributed by atoms with Crippen LogP contribution in [0.5, 0.6) is 0 Å². The van der Waals surface area contributed by atoms with E-state index in [2.05, 4.69) is 53.5 Å². The van der Waals surface area contributed by atoms with Gasteiger partial charge < -0.3 is 15.3 Å². The molecule has 2 unspecified atom stereocenters. The molecule has 1 saturated heterocycles. The highest BCUT2D eigenvalue weighted by Gasteiger charge is 2.38. The second kappa shape index (κ2) is 11.7. The Labute approximate surface area is 175 Å². The molecule has 152 valence electrons. The summed E-state index contributed by atoms with van der Waals surface area (Å²) in [5.74, 6) is 0.735. The first-order valence-electron chi connectivity index (χ1n) is 9.52. The molecular weight excluding hydrogens is 383 g/mol. The van der Waals surface area contributed by atoms with Crippen molar-refractivity contribution in [3.8, 4) is 0 Å². The maximum Gasteiger partial charge on any atom is 0.304 e. The summed E-state index contributed by atoms with van der Waals surface area (Å²) in [6.45, 7) is 6.14. The van der Waals surface area contributed by atoms with Crippen molar-refractivity contribution in [3.63, 3.8) is 0 Å². The molecule has 2 fully saturated rings. The number of hydrogen-bond acceptors (Lipinski definition) is 3. The van der Waals surface area contributed by atoms with Gasteiger partial charge in [0.15, 0.2) is 0 Å². The molecule has 2 N–H and O–H groups in total. The lowest BCUT2D eigenvalue weighted by molar-refractivity contribution is -0.137. The van der Waals surface area contributed by atoms with Gasteiger partial charge in [-0.3, -0.25) is 4.79 Å². The average Bonchev–Trinajstić information content (AvgIpc) is 3.40. The van der Waals surface area contributed by atoms with Gasteiger partial charge in [-0.2, -0.15) is 0 Å². The van der Waals surface area contributed by atoms with E-state index in [4.69, 9.17) is 5.11 Å². The summed E-state index contributed by atoms with van der Waals surface area (Å²) in [5, 5.41) is 12.5. The van der Waals surface area contributed by atoms with Gasteiger partial charge >= 0.3 is 5.97 Å². The third-order valence-electron chi connectivity index (χ3n) is 5.59. The van der Waals surface area contributed by atoms with E-state index in [1.807, 2.05) is 0 Å². The molecule has 3 rings (SSSR count). The second-order valence-corrected chi connectivity index (χ2v) is 7.58. The number of nitrogens with one attached hydrogen (secondary N) is 1. The summed E-state index contributed by atoms with van der Waals surface area (Å²) in [7, 11) is 0. The number of carboxylic acid groups (broad SMARTS) is 1. The van der Waals surface area contributed by atoms with Gasteiger partial charge in [-0.15, -0.1) is 24.8 Å². The van der Waals surface area contributed by atoms with Gasteiger partial charge in [-0.1, -0.05) is 42.0 Å². The van der Waals surface area contributed by atoms with Crippen molar-refractivity contribution in [2.24, 2.45) is 11.8 Å². The largest absolute Gasteiger partial charge is 0.481 e. The Hall–Kier alpha value is -1.07. The first kappa shape index (κ1) is 24.0. The monoisotopic (exact) mass is 414 g/mol. The Bertz CT molecular complexity index is 601. The average molecular weight is 415 g/mol. The lowest BCUT2D eigenvalue weighted by Crippen LogP contribution is -2.38. The highest BCUT2D eigenvalue weighted by molar-refractivity contribution is 5.85. The molecule has 2 atom stereocenters. The first-order valence-corrected chi connectivity index (χ1v) is 9.52. The molecule has 0 spiro atoms. The highest BCUT2D eigenvalue weighted by Crippen LogP contribution is 2.38. The molecule has 0 amide bonds. The molecule has 0 bridgehead atoms. The highest BCUT2D eigenvalue weighted by atomic mass is 35.5. The Kier molecular flexibility index (Phi) is 10.4. The number of likely N-dealkylation sites (tertiary alicyclic amines) is 1. The topological polar surface area (TPSA) is 52.6 Å². The van der Waals surface area contributed by atoms with Crippen LogP contribution < -0.4 is 5.32 Å². The smallest absolute Gasteiger partial charge is 0.304 e. The van der Waals surface area contributed by atoms with Crippen LogP contribution in [-0.2, 0) is 4.79 Å². The fraction of sp³-hybridized carbons (Fsp3) is 0.571. The number of nitrogens with zero attached hydrogens (tertiary/aromatic N) is 1. The normalized spacial score (nSPS) is 23.2. The van der Waals surface area contributed by atoms with Crippen molar-refractivity contribution in [2.75, 3.05) is 26.2 Å². The summed E-state index contributed by atoms with van der Waals surface area (Å²) in [6.07, 6.45) is 6.20. The van der Waals surface area contributed by atoms with Crippen LogP contribution in [-0.4, -0.2) is 48.2 Å². The van der Waals surface area contributed by atoms with Crippen LogP contribution in [0.4, 0.5) is 0 Å². The summed E-state index contributed by atoms with van der Waals surface area (Å²) in [4.78, 5) is 12.9. The Morgan fingerprint density at radius 2 is 1.89 bits per heavy atom. The number of rotatable bonds is 8. The van der Waals surface area contributed by atoms with Gasteiger partial charge in [-0.25, -0.2) is 0 Å². The van der Waals surface area contributed by atoms with E-state index in [1.165, 1.54) is 30.4 Å². The zero-order chi connectivity index (χ0) is 17.6. The molecular formula is C21H32Cl2N2O2. The fourth-order valence-corrected chi connectivity index (χ4v) is 3.83. The lowest BCUT2D eigenvalue weighted by atomic mass is 9.96. The molecule has 1 aliphatic heterocycles. The Morgan fingerprint density at radius 3 is 2.52 bits per heavy atom. The predicted molar refractivity (Wildman–Crippen MR) is 116 cm³/mol. The SMILES string of the molecule is CC(=Cc1ccccc1)C1CC1NCC1CCN(CCC(=O)O)CC1.Cl.Cl. The number of carbonyl (C=O) groups is 1. The van der Waals surface area contributed by atoms with Gasteiger partial charge in [0, 0.05) is 12.6 Å². The predicted octanol–water partition coefficient (Wildman–Crippen LogP) is 4.10. The van der Waals surface area contributed by atoms with Crippen molar-refractivity contribution < 1.29 is 9.90 Å². The molecule has 1 heterocycles. The van der Waals surface area contributed by atoms with Crippen molar-refractivity contribution in [1.82, 2.24) is 10.2 Å². The molecule has 2 aliphatic rings. The van der Waals surface area contributed by atoms with Gasteiger partial charge in [-0.05, 0) is 63.2 Å². The van der Waals surface area contributed by atoms with Crippen LogP contribution in [0.1, 0.15) is 38.2 Å². The van der Waals surface area contributed by atoms with Gasteiger partial charge in [0.05, 0.1) is 6.42 Å². The molecule has 0 radical (unpaired) electrons. The van der Waals surface area contributed by atoms with Crippen LogP contribution in [0.2, 0.25) is 0 Å². The number of carboxylic acids is 1. The Balaban J connectivity index is 0.00000182. The summed E-state index contributed by atoms with van der Waals surface area (Å²) >= 11 is 0. The van der Waals surface area contributed by atoms with E-state index in [9.17, 15) is 4.79 Å². The molecule has 27 heavy (non-hydrogen) atoms. The van der Waals surface area contributed by atoms with Crippen LogP contribution in [0, 0.1) is 11.8 Å². The molecule has 4 nitrogen and oxygen atoms in total. The Morgan fingerprint density at radius 1 is 1.22 bits per heavy atom. The number of piperidine rings is 1. The standard InChI is InChI=1S/C21H30N2O2.2ClH/c1-16(13-17-5-3-2-4-6-17)19-14-20(19)22-15-18-7-10-23(11-8-18)12-9-21(24)25;;/h2-6,13,18-20,22H,7-12,14-15H2,1H3,(H,24,25);2*1H.